The zero-order valence-corrected chi connectivity index (χ0v) is 11.6. The molecule has 0 unspecified atom stereocenters. The Balaban J connectivity index is 2.17. The van der Waals surface area contributed by atoms with Crippen LogP contribution in [-0.2, 0) is 6.54 Å². The molecular weight excluding hydrogens is 248 g/mol. The van der Waals surface area contributed by atoms with Gasteiger partial charge in [-0.3, -0.25) is 0 Å². The van der Waals surface area contributed by atoms with E-state index in [9.17, 15) is 0 Å². The summed E-state index contributed by atoms with van der Waals surface area (Å²) in [6.07, 6.45) is 2.56. The Morgan fingerprint density at radius 1 is 1.44 bits per heavy atom. The Kier molecular flexibility index (Phi) is 4.87. The van der Waals surface area contributed by atoms with Gasteiger partial charge >= 0.3 is 0 Å². The molecule has 1 aliphatic carbocycles. The van der Waals surface area contributed by atoms with Crippen LogP contribution in [0.5, 0.6) is 0 Å². The van der Waals surface area contributed by atoms with Crippen molar-refractivity contribution < 1.29 is 5.11 Å². The summed E-state index contributed by atoms with van der Waals surface area (Å²) in [5, 5.41) is 13.4. The number of hydrogen-bond donors (Lipinski definition) is 2. The molecule has 0 heterocycles. The molecule has 18 heavy (non-hydrogen) atoms. The van der Waals surface area contributed by atoms with Crippen molar-refractivity contribution in [3.63, 3.8) is 0 Å². The number of benzene rings is 1. The maximum absolute atomic E-state index is 9.14. The van der Waals surface area contributed by atoms with E-state index in [0.29, 0.717) is 12.6 Å². The molecule has 1 fully saturated rings. The number of rotatable bonds is 7. The number of aliphatic hydroxyl groups is 1. The topological polar surface area (TPSA) is 35.5 Å². The lowest BCUT2D eigenvalue weighted by Gasteiger charge is -2.26. The normalized spacial score (nSPS) is 14.8. The molecular formula is C14H21ClN2O. The zero-order chi connectivity index (χ0) is 13.0. The van der Waals surface area contributed by atoms with Crippen molar-refractivity contribution in [3.05, 3.63) is 28.8 Å². The van der Waals surface area contributed by atoms with E-state index in [1.165, 1.54) is 18.4 Å². The number of halogens is 1. The number of nitrogens with zero attached hydrogens (tertiary/aromatic N) is 1. The summed E-state index contributed by atoms with van der Waals surface area (Å²) < 4.78 is 0. The maximum Gasteiger partial charge on any atom is 0.0642 e. The number of hydrogen-bond acceptors (Lipinski definition) is 3. The molecule has 0 atom stereocenters. The highest BCUT2D eigenvalue weighted by atomic mass is 35.5. The standard InChI is InChI=1S/C14H21ClN2O/c1-2-17(8-9-18)14-11(4-3-5-13(14)15)10-16-12-6-7-12/h3-5,12,16,18H,2,6-10H2,1H3. The minimum Gasteiger partial charge on any atom is -0.395 e. The monoisotopic (exact) mass is 268 g/mol. The van der Waals surface area contributed by atoms with Gasteiger partial charge in [0.2, 0.25) is 0 Å². The number of aliphatic hydroxyl groups excluding tert-OH is 1. The van der Waals surface area contributed by atoms with E-state index in [-0.39, 0.29) is 6.61 Å². The first-order valence-electron chi connectivity index (χ1n) is 6.62. The van der Waals surface area contributed by atoms with Crippen molar-refractivity contribution in [2.75, 3.05) is 24.6 Å². The summed E-state index contributed by atoms with van der Waals surface area (Å²) in [7, 11) is 0. The van der Waals surface area contributed by atoms with Gasteiger partial charge in [0.15, 0.2) is 0 Å². The van der Waals surface area contributed by atoms with Crippen molar-refractivity contribution >= 4 is 17.3 Å². The van der Waals surface area contributed by atoms with Gasteiger partial charge in [-0.05, 0) is 31.4 Å². The van der Waals surface area contributed by atoms with Crippen LogP contribution < -0.4 is 10.2 Å². The second kappa shape index (κ2) is 6.41. The average Bonchev–Trinajstić information content (AvgIpc) is 3.18. The molecule has 1 saturated carbocycles. The molecule has 1 aliphatic rings. The molecule has 100 valence electrons. The molecule has 0 radical (unpaired) electrons. The van der Waals surface area contributed by atoms with Crippen LogP contribution in [0.15, 0.2) is 18.2 Å². The van der Waals surface area contributed by atoms with Gasteiger partial charge in [-0.1, -0.05) is 23.7 Å². The van der Waals surface area contributed by atoms with E-state index in [1.807, 2.05) is 12.1 Å². The molecule has 3 nitrogen and oxygen atoms in total. The number of nitrogens with one attached hydrogen (secondary N) is 1. The van der Waals surface area contributed by atoms with Crippen LogP contribution in [0.25, 0.3) is 0 Å². The second-order valence-electron chi connectivity index (χ2n) is 4.71. The number of anilines is 1. The average molecular weight is 269 g/mol. The summed E-state index contributed by atoms with van der Waals surface area (Å²) in [4.78, 5) is 2.13. The van der Waals surface area contributed by atoms with E-state index in [0.717, 1.165) is 23.8 Å². The molecule has 4 heteroatoms. The molecule has 1 aromatic carbocycles. The van der Waals surface area contributed by atoms with Crippen molar-refractivity contribution in [2.45, 2.75) is 32.4 Å². The Bertz CT molecular complexity index is 393. The SMILES string of the molecule is CCN(CCO)c1c(Cl)cccc1CNC1CC1. The molecule has 0 aromatic heterocycles. The van der Waals surface area contributed by atoms with Crippen LogP contribution >= 0.6 is 11.6 Å². The molecule has 0 aliphatic heterocycles. The fourth-order valence-corrected chi connectivity index (χ4v) is 2.46. The Labute approximate surface area is 114 Å². The lowest BCUT2D eigenvalue weighted by molar-refractivity contribution is 0.302. The molecule has 0 spiro atoms. The Morgan fingerprint density at radius 3 is 2.83 bits per heavy atom. The van der Waals surface area contributed by atoms with Gasteiger partial charge in [-0.2, -0.15) is 0 Å². The van der Waals surface area contributed by atoms with Crippen molar-refractivity contribution in [1.82, 2.24) is 5.32 Å². The summed E-state index contributed by atoms with van der Waals surface area (Å²) in [5.41, 5.74) is 2.27. The predicted octanol–water partition coefficient (Wildman–Crippen LogP) is 2.41. The first-order chi connectivity index (χ1) is 8.76. The number of likely N-dealkylation sites (N-methyl/N-ethyl adjacent to an activating group) is 1. The molecule has 1 aromatic rings. The van der Waals surface area contributed by atoms with Gasteiger partial charge < -0.3 is 15.3 Å². The van der Waals surface area contributed by atoms with Crippen LogP contribution in [0.1, 0.15) is 25.3 Å². The molecule has 2 N–H and O–H groups in total. The third-order valence-electron chi connectivity index (χ3n) is 3.30. The fourth-order valence-electron chi connectivity index (χ4n) is 2.15. The zero-order valence-electron chi connectivity index (χ0n) is 10.8. The van der Waals surface area contributed by atoms with Gasteiger partial charge in [0.25, 0.3) is 0 Å². The highest BCUT2D eigenvalue weighted by Gasteiger charge is 2.21. The van der Waals surface area contributed by atoms with Crippen LogP contribution in [0.3, 0.4) is 0 Å². The predicted molar refractivity (Wildman–Crippen MR) is 76.3 cm³/mol. The molecule has 2 rings (SSSR count). The highest BCUT2D eigenvalue weighted by molar-refractivity contribution is 6.33. The lowest BCUT2D eigenvalue weighted by Crippen LogP contribution is -2.28. The quantitative estimate of drug-likeness (QED) is 0.797. The molecule has 0 bridgehead atoms. The molecule has 0 amide bonds. The van der Waals surface area contributed by atoms with Gasteiger partial charge in [0.1, 0.15) is 0 Å². The third-order valence-corrected chi connectivity index (χ3v) is 3.60. The van der Waals surface area contributed by atoms with E-state index >= 15 is 0 Å². The Hall–Kier alpha value is -0.770. The van der Waals surface area contributed by atoms with Gasteiger partial charge in [0, 0.05) is 25.7 Å². The van der Waals surface area contributed by atoms with Crippen molar-refractivity contribution in [3.8, 4) is 0 Å². The van der Waals surface area contributed by atoms with Crippen LogP contribution in [0, 0.1) is 0 Å². The third kappa shape index (κ3) is 3.37. The smallest absolute Gasteiger partial charge is 0.0642 e. The van der Waals surface area contributed by atoms with E-state index < -0.39 is 0 Å². The number of para-hydroxylation sites is 1. The van der Waals surface area contributed by atoms with Gasteiger partial charge in [0.05, 0.1) is 17.3 Å². The van der Waals surface area contributed by atoms with E-state index in [4.69, 9.17) is 16.7 Å². The first-order valence-corrected chi connectivity index (χ1v) is 7.00. The van der Waals surface area contributed by atoms with Crippen LogP contribution in [0.4, 0.5) is 5.69 Å². The minimum absolute atomic E-state index is 0.147. The highest BCUT2D eigenvalue weighted by Crippen LogP contribution is 2.30. The second-order valence-corrected chi connectivity index (χ2v) is 5.11. The summed E-state index contributed by atoms with van der Waals surface area (Å²) >= 11 is 6.32. The minimum atomic E-state index is 0.147. The van der Waals surface area contributed by atoms with Crippen molar-refractivity contribution in [2.24, 2.45) is 0 Å². The lowest BCUT2D eigenvalue weighted by atomic mass is 10.1. The Morgan fingerprint density at radius 2 is 2.22 bits per heavy atom. The van der Waals surface area contributed by atoms with E-state index in [1.54, 1.807) is 0 Å². The van der Waals surface area contributed by atoms with Crippen LogP contribution in [-0.4, -0.2) is 30.8 Å². The fraction of sp³-hybridized carbons (Fsp3) is 0.571. The summed E-state index contributed by atoms with van der Waals surface area (Å²) in [5.74, 6) is 0. The summed E-state index contributed by atoms with van der Waals surface area (Å²) in [6, 6.07) is 6.70. The van der Waals surface area contributed by atoms with Gasteiger partial charge in [-0.15, -0.1) is 0 Å². The molecule has 0 saturated heterocycles. The largest absolute Gasteiger partial charge is 0.395 e. The summed E-state index contributed by atoms with van der Waals surface area (Å²) in [6.45, 7) is 4.55. The van der Waals surface area contributed by atoms with Crippen LogP contribution in [0.2, 0.25) is 5.02 Å². The van der Waals surface area contributed by atoms with Gasteiger partial charge in [-0.25, -0.2) is 0 Å². The van der Waals surface area contributed by atoms with E-state index in [2.05, 4.69) is 23.2 Å². The maximum atomic E-state index is 9.14. The van der Waals surface area contributed by atoms with Crippen molar-refractivity contribution in [1.29, 1.82) is 0 Å². The first kappa shape index (κ1) is 13.7.